The van der Waals surface area contributed by atoms with Gasteiger partial charge in [0.05, 0.1) is 10.2 Å². The molecule has 1 heterocycles. The van der Waals surface area contributed by atoms with Gasteiger partial charge in [-0.15, -0.1) is 0 Å². The van der Waals surface area contributed by atoms with Crippen molar-refractivity contribution in [2.24, 2.45) is 7.05 Å². The summed E-state index contributed by atoms with van der Waals surface area (Å²) in [5.41, 5.74) is 2.07. The average molecular weight is 326 g/mol. The second-order valence-electron chi connectivity index (χ2n) is 4.29. The van der Waals surface area contributed by atoms with E-state index in [1.54, 1.807) is 30.8 Å². The number of aromatic nitrogens is 2. The van der Waals surface area contributed by atoms with Crippen molar-refractivity contribution in [3.63, 3.8) is 0 Å². The van der Waals surface area contributed by atoms with Gasteiger partial charge < -0.3 is 5.32 Å². The van der Waals surface area contributed by atoms with Gasteiger partial charge in [-0.1, -0.05) is 6.07 Å². The number of hydrogen-bond donors (Lipinski definition) is 1. The summed E-state index contributed by atoms with van der Waals surface area (Å²) >= 11 is 3.32. The highest BCUT2D eigenvalue weighted by atomic mass is 79.9. The average Bonchev–Trinajstić information content (AvgIpc) is 2.62. The minimum absolute atomic E-state index is 0.279. The van der Waals surface area contributed by atoms with E-state index in [4.69, 9.17) is 0 Å². The number of rotatable bonds is 2. The third-order valence-electron chi connectivity index (χ3n) is 2.91. The van der Waals surface area contributed by atoms with Crippen molar-refractivity contribution in [3.05, 3.63) is 45.4 Å². The van der Waals surface area contributed by atoms with Gasteiger partial charge >= 0.3 is 0 Å². The number of anilines is 1. The predicted octanol–water partition coefficient (Wildman–Crippen LogP) is 3.19. The van der Waals surface area contributed by atoms with E-state index in [2.05, 4.69) is 26.3 Å². The molecule has 0 atom stereocenters. The molecule has 1 N–H and O–H groups in total. The minimum atomic E-state index is -0.376. The Labute approximate surface area is 118 Å². The third-order valence-corrected chi connectivity index (χ3v) is 3.86. The first-order valence-corrected chi connectivity index (χ1v) is 6.46. The summed E-state index contributed by atoms with van der Waals surface area (Å²) in [7, 11) is 1.75. The van der Waals surface area contributed by atoms with Gasteiger partial charge in [-0.25, -0.2) is 4.39 Å². The summed E-state index contributed by atoms with van der Waals surface area (Å²) in [6.45, 7) is 3.51. The minimum Gasteiger partial charge on any atom is -0.320 e. The molecule has 0 unspecified atom stereocenters. The van der Waals surface area contributed by atoms with E-state index in [1.807, 2.05) is 6.92 Å². The second-order valence-corrected chi connectivity index (χ2v) is 5.08. The lowest BCUT2D eigenvalue weighted by Crippen LogP contribution is -2.13. The van der Waals surface area contributed by atoms with Gasteiger partial charge in [0, 0.05) is 12.7 Å². The number of amides is 1. The Morgan fingerprint density at radius 1 is 1.42 bits per heavy atom. The first-order valence-electron chi connectivity index (χ1n) is 5.66. The monoisotopic (exact) mass is 325 g/mol. The fraction of sp³-hybridized carbons (Fsp3) is 0.231. The summed E-state index contributed by atoms with van der Waals surface area (Å²) < 4.78 is 15.6. The molecule has 0 aliphatic carbocycles. The van der Waals surface area contributed by atoms with Crippen LogP contribution >= 0.6 is 15.9 Å². The number of carbonyl (C=O) groups excluding carboxylic acids is 1. The maximum absolute atomic E-state index is 13.4. The number of hydrogen-bond acceptors (Lipinski definition) is 2. The summed E-state index contributed by atoms with van der Waals surface area (Å²) in [6.07, 6.45) is 0. The molecule has 1 aromatic carbocycles. The van der Waals surface area contributed by atoms with Crippen LogP contribution in [0.15, 0.2) is 22.7 Å². The maximum Gasteiger partial charge on any atom is 0.277 e. The number of aryl methyl sites for hydroxylation is 2. The zero-order valence-electron chi connectivity index (χ0n) is 10.8. The van der Waals surface area contributed by atoms with E-state index in [0.29, 0.717) is 15.7 Å². The highest BCUT2D eigenvalue weighted by Gasteiger charge is 2.18. The molecule has 0 saturated carbocycles. The lowest BCUT2D eigenvalue weighted by Gasteiger charge is -2.05. The molecule has 6 heteroatoms. The van der Waals surface area contributed by atoms with Crippen LogP contribution in [0.3, 0.4) is 0 Å². The molecular weight excluding hydrogens is 313 g/mol. The van der Waals surface area contributed by atoms with E-state index >= 15 is 0 Å². The molecule has 0 bridgehead atoms. The lowest BCUT2D eigenvalue weighted by atomic mass is 10.2. The van der Waals surface area contributed by atoms with Gasteiger partial charge in [-0.2, -0.15) is 5.10 Å². The van der Waals surface area contributed by atoms with Crippen molar-refractivity contribution in [1.82, 2.24) is 9.78 Å². The molecule has 4 nitrogen and oxygen atoms in total. The number of halogens is 2. The first-order chi connectivity index (χ1) is 8.90. The molecule has 19 heavy (non-hydrogen) atoms. The molecule has 100 valence electrons. The molecule has 1 aromatic heterocycles. The smallest absolute Gasteiger partial charge is 0.277 e. The Balaban J connectivity index is 2.25. The summed E-state index contributed by atoms with van der Waals surface area (Å²) in [6, 6.07) is 4.56. The van der Waals surface area contributed by atoms with Crippen LogP contribution in [0.4, 0.5) is 10.1 Å². The predicted molar refractivity (Wildman–Crippen MR) is 74.7 cm³/mol. The number of carbonyl (C=O) groups is 1. The second kappa shape index (κ2) is 5.13. The maximum atomic E-state index is 13.4. The fourth-order valence-electron chi connectivity index (χ4n) is 1.59. The van der Waals surface area contributed by atoms with E-state index in [1.165, 1.54) is 6.07 Å². The largest absolute Gasteiger partial charge is 0.320 e. The quantitative estimate of drug-likeness (QED) is 0.921. The number of benzene rings is 1. The van der Waals surface area contributed by atoms with Crippen molar-refractivity contribution in [1.29, 1.82) is 0 Å². The van der Waals surface area contributed by atoms with Crippen LogP contribution < -0.4 is 5.32 Å². The number of nitrogens with one attached hydrogen (secondary N) is 1. The van der Waals surface area contributed by atoms with Crippen LogP contribution in [0.25, 0.3) is 0 Å². The fourth-order valence-corrected chi connectivity index (χ4v) is 2.10. The molecule has 0 aliphatic rings. The standard InChI is InChI=1S/C13H13BrFN3O/c1-7-4-5-9(6-10(7)15)16-13(19)12-11(14)8(2)18(3)17-12/h4-6H,1-3H3,(H,16,19). The van der Waals surface area contributed by atoms with Crippen LogP contribution in [0.5, 0.6) is 0 Å². The summed E-state index contributed by atoms with van der Waals surface area (Å²) in [5, 5.41) is 6.73. The molecule has 0 saturated heterocycles. The van der Waals surface area contributed by atoms with Crippen LogP contribution in [-0.4, -0.2) is 15.7 Å². The molecule has 0 aliphatic heterocycles. The van der Waals surface area contributed by atoms with Crippen molar-refractivity contribution in [2.45, 2.75) is 13.8 Å². The molecule has 2 aromatic rings. The van der Waals surface area contributed by atoms with Crippen molar-refractivity contribution < 1.29 is 9.18 Å². The Morgan fingerprint density at radius 2 is 2.11 bits per heavy atom. The molecular formula is C13H13BrFN3O. The molecule has 2 rings (SSSR count). The highest BCUT2D eigenvalue weighted by Crippen LogP contribution is 2.21. The van der Waals surface area contributed by atoms with Gasteiger partial charge in [0.25, 0.3) is 5.91 Å². The molecule has 0 spiro atoms. The van der Waals surface area contributed by atoms with Crippen LogP contribution in [0.2, 0.25) is 0 Å². The highest BCUT2D eigenvalue weighted by molar-refractivity contribution is 9.10. The lowest BCUT2D eigenvalue weighted by molar-refractivity contribution is 0.102. The van der Waals surface area contributed by atoms with Crippen molar-refractivity contribution >= 4 is 27.5 Å². The van der Waals surface area contributed by atoms with E-state index in [0.717, 1.165) is 5.69 Å². The van der Waals surface area contributed by atoms with Gasteiger partial charge in [0.1, 0.15) is 5.82 Å². The van der Waals surface area contributed by atoms with Gasteiger partial charge in [0.15, 0.2) is 5.69 Å². The van der Waals surface area contributed by atoms with Crippen LogP contribution in [0.1, 0.15) is 21.7 Å². The Kier molecular flexibility index (Phi) is 3.71. The molecule has 0 radical (unpaired) electrons. The summed E-state index contributed by atoms with van der Waals surface area (Å²) in [4.78, 5) is 12.1. The van der Waals surface area contributed by atoms with Crippen molar-refractivity contribution in [3.8, 4) is 0 Å². The zero-order chi connectivity index (χ0) is 14.2. The zero-order valence-corrected chi connectivity index (χ0v) is 12.4. The Bertz CT molecular complexity index is 652. The van der Waals surface area contributed by atoms with Crippen LogP contribution in [0, 0.1) is 19.7 Å². The normalized spacial score (nSPS) is 10.6. The van der Waals surface area contributed by atoms with Gasteiger partial charge in [-0.3, -0.25) is 9.48 Å². The van der Waals surface area contributed by atoms with Crippen LogP contribution in [-0.2, 0) is 7.05 Å². The SMILES string of the molecule is Cc1ccc(NC(=O)c2nn(C)c(C)c2Br)cc1F. The van der Waals surface area contributed by atoms with E-state index in [9.17, 15) is 9.18 Å². The van der Waals surface area contributed by atoms with Crippen molar-refractivity contribution in [2.75, 3.05) is 5.32 Å². The van der Waals surface area contributed by atoms with E-state index < -0.39 is 0 Å². The third kappa shape index (κ3) is 2.68. The van der Waals surface area contributed by atoms with E-state index in [-0.39, 0.29) is 17.4 Å². The van der Waals surface area contributed by atoms with Gasteiger partial charge in [0.2, 0.25) is 0 Å². The molecule has 1 amide bonds. The van der Waals surface area contributed by atoms with Gasteiger partial charge in [-0.05, 0) is 47.5 Å². The first kappa shape index (κ1) is 13.7. The summed E-state index contributed by atoms with van der Waals surface area (Å²) in [5.74, 6) is -0.729. The Hall–Kier alpha value is -1.69. The Morgan fingerprint density at radius 3 is 2.63 bits per heavy atom. The number of nitrogens with zero attached hydrogens (tertiary/aromatic N) is 2. The topological polar surface area (TPSA) is 46.9 Å². The molecule has 0 fully saturated rings.